The van der Waals surface area contributed by atoms with E-state index < -0.39 is 0 Å². The Hall–Kier alpha value is -0.0800. The van der Waals surface area contributed by atoms with Gasteiger partial charge in [-0.25, -0.2) is 0 Å². The summed E-state index contributed by atoms with van der Waals surface area (Å²) < 4.78 is 0. The molecule has 3 fully saturated rings. The zero-order valence-corrected chi connectivity index (χ0v) is 12.9. The van der Waals surface area contributed by atoms with Gasteiger partial charge in [-0.3, -0.25) is 4.90 Å². The number of nitrogens with one attached hydrogen (secondary N) is 1. The molecule has 0 bridgehead atoms. The van der Waals surface area contributed by atoms with Crippen LogP contribution in [0.4, 0.5) is 0 Å². The van der Waals surface area contributed by atoms with E-state index in [1.165, 1.54) is 64.6 Å². The van der Waals surface area contributed by atoms with Gasteiger partial charge in [-0.05, 0) is 62.8 Å². The van der Waals surface area contributed by atoms with E-state index in [0.717, 1.165) is 29.8 Å². The van der Waals surface area contributed by atoms with Crippen molar-refractivity contribution in [2.75, 3.05) is 19.6 Å². The van der Waals surface area contributed by atoms with Crippen LogP contribution in [-0.4, -0.2) is 36.6 Å². The van der Waals surface area contributed by atoms with Crippen molar-refractivity contribution in [1.29, 1.82) is 0 Å². The predicted molar refractivity (Wildman–Crippen MR) is 81.3 cm³/mol. The highest BCUT2D eigenvalue weighted by Gasteiger charge is 2.41. The molecule has 2 aliphatic carbocycles. The Balaban J connectivity index is 1.62. The Morgan fingerprint density at radius 3 is 2.47 bits per heavy atom. The first-order chi connectivity index (χ1) is 9.28. The van der Waals surface area contributed by atoms with Crippen LogP contribution in [0.3, 0.4) is 0 Å². The highest BCUT2D eigenvalue weighted by Crippen LogP contribution is 2.40. The van der Waals surface area contributed by atoms with Gasteiger partial charge in [0.25, 0.3) is 0 Å². The minimum Gasteiger partial charge on any atom is -0.312 e. The zero-order valence-electron chi connectivity index (χ0n) is 12.9. The van der Waals surface area contributed by atoms with E-state index in [-0.39, 0.29) is 0 Å². The summed E-state index contributed by atoms with van der Waals surface area (Å²) >= 11 is 0. The first-order valence-corrected chi connectivity index (χ1v) is 8.75. The maximum atomic E-state index is 3.84. The number of fused-ring (bicyclic) bond motifs is 1. The van der Waals surface area contributed by atoms with Crippen molar-refractivity contribution in [3.05, 3.63) is 0 Å². The molecule has 0 aromatic heterocycles. The van der Waals surface area contributed by atoms with Gasteiger partial charge in [-0.15, -0.1) is 0 Å². The lowest BCUT2D eigenvalue weighted by atomic mass is 9.82. The molecular weight excluding hydrogens is 232 g/mol. The summed E-state index contributed by atoms with van der Waals surface area (Å²) in [7, 11) is 0. The molecule has 1 saturated heterocycles. The minimum absolute atomic E-state index is 0.773. The Kier molecular flexibility index (Phi) is 4.48. The number of rotatable bonds is 4. The molecule has 19 heavy (non-hydrogen) atoms. The van der Waals surface area contributed by atoms with Crippen LogP contribution in [0.5, 0.6) is 0 Å². The molecule has 1 heterocycles. The second kappa shape index (κ2) is 6.13. The molecule has 2 nitrogen and oxygen atoms in total. The molecule has 5 atom stereocenters. The third-order valence-corrected chi connectivity index (χ3v) is 5.96. The fourth-order valence-electron chi connectivity index (χ4n) is 4.86. The van der Waals surface area contributed by atoms with Crippen LogP contribution in [0.1, 0.15) is 58.8 Å². The molecule has 0 amide bonds. The van der Waals surface area contributed by atoms with E-state index in [1.54, 1.807) is 0 Å². The van der Waals surface area contributed by atoms with Gasteiger partial charge < -0.3 is 5.32 Å². The van der Waals surface area contributed by atoms with Crippen LogP contribution in [0, 0.1) is 17.8 Å². The predicted octanol–water partition coefficient (Wildman–Crippen LogP) is 3.28. The molecular formula is C17H32N2. The Morgan fingerprint density at radius 2 is 1.79 bits per heavy atom. The van der Waals surface area contributed by atoms with E-state index in [9.17, 15) is 0 Å². The third-order valence-electron chi connectivity index (χ3n) is 5.96. The molecule has 3 rings (SSSR count). The molecule has 2 heteroatoms. The second-order valence-electron chi connectivity index (χ2n) is 7.45. The quantitative estimate of drug-likeness (QED) is 0.838. The highest BCUT2D eigenvalue weighted by atomic mass is 15.2. The first-order valence-electron chi connectivity index (χ1n) is 8.75. The number of nitrogens with zero attached hydrogens (tertiary/aromatic N) is 1. The van der Waals surface area contributed by atoms with Gasteiger partial charge in [-0.1, -0.05) is 20.3 Å². The molecule has 0 aromatic rings. The van der Waals surface area contributed by atoms with Gasteiger partial charge in [0.1, 0.15) is 0 Å². The molecule has 2 saturated carbocycles. The monoisotopic (exact) mass is 264 g/mol. The summed E-state index contributed by atoms with van der Waals surface area (Å²) in [6.45, 7) is 8.77. The average molecular weight is 264 g/mol. The van der Waals surface area contributed by atoms with Crippen molar-refractivity contribution in [3.63, 3.8) is 0 Å². The Morgan fingerprint density at radius 1 is 1.05 bits per heavy atom. The van der Waals surface area contributed by atoms with Crippen LogP contribution in [0.2, 0.25) is 0 Å². The van der Waals surface area contributed by atoms with Crippen LogP contribution in [0.25, 0.3) is 0 Å². The SMILES string of the molecule is CCCNC1CCC(C)CC1N1CC2CCCC2C1. The summed E-state index contributed by atoms with van der Waals surface area (Å²) in [4.78, 5) is 2.87. The van der Waals surface area contributed by atoms with Crippen molar-refractivity contribution in [3.8, 4) is 0 Å². The van der Waals surface area contributed by atoms with E-state index in [1.807, 2.05) is 0 Å². The van der Waals surface area contributed by atoms with Crippen molar-refractivity contribution >= 4 is 0 Å². The zero-order chi connectivity index (χ0) is 13.2. The fourth-order valence-corrected chi connectivity index (χ4v) is 4.86. The van der Waals surface area contributed by atoms with Crippen LogP contribution < -0.4 is 5.32 Å². The summed E-state index contributed by atoms with van der Waals surface area (Å²) in [5, 5.41) is 3.84. The third kappa shape index (κ3) is 3.00. The van der Waals surface area contributed by atoms with Crippen molar-refractivity contribution in [2.45, 2.75) is 70.9 Å². The van der Waals surface area contributed by atoms with Crippen LogP contribution in [0.15, 0.2) is 0 Å². The lowest BCUT2D eigenvalue weighted by molar-refractivity contribution is 0.115. The minimum atomic E-state index is 0.773. The summed E-state index contributed by atoms with van der Waals surface area (Å²) in [6.07, 6.45) is 10.1. The van der Waals surface area contributed by atoms with Gasteiger partial charge in [0, 0.05) is 25.2 Å². The maximum absolute atomic E-state index is 3.84. The normalized spacial score (nSPS) is 43.6. The van der Waals surface area contributed by atoms with E-state index in [0.29, 0.717) is 0 Å². The van der Waals surface area contributed by atoms with Crippen LogP contribution in [-0.2, 0) is 0 Å². The van der Waals surface area contributed by atoms with Gasteiger partial charge in [0.05, 0.1) is 0 Å². The molecule has 5 unspecified atom stereocenters. The van der Waals surface area contributed by atoms with Gasteiger partial charge >= 0.3 is 0 Å². The standard InChI is InChI=1S/C17H32N2/c1-3-9-18-16-8-7-13(2)10-17(16)19-11-14-5-4-6-15(14)12-19/h13-18H,3-12H2,1-2H3. The highest BCUT2D eigenvalue weighted by molar-refractivity contribution is 4.97. The molecule has 1 N–H and O–H groups in total. The van der Waals surface area contributed by atoms with E-state index >= 15 is 0 Å². The summed E-state index contributed by atoms with van der Waals surface area (Å²) in [6, 6.07) is 1.61. The molecule has 0 aromatic carbocycles. The van der Waals surface area contributed by atoms with Gasteiger partial charge in [0.2, 0.25) is 0 Å². The number of hydrogen-bond acceptors (Lipinski definition) is 2. The largest absolute Gasteiger partial charge is 0.312 e. The average Bonchev–Trinajstić information content (AvgIpc) is 2.98. The molecule has 110 valence electrons. The lowest BCUT2D eigenvalue weighted by Crippen LogP contribution is -2.52. The van der Waals surface area contributed by atoms with Gasteiger partial charge in [-0.2, -0.15) is 0 Å². The summed E-state index contributed by atoms with van der Waals surface area (Å²) in [5.74, 6) is 3.03. The molecule has 3 aliphatic rings. The maximum Gasteiger partial charge on any atom is 0.0252 e. The topological polar surface area (TPSA) is 15.3 Å². The second-order valence-corrected chi connectivity index (χ2v) is 7.45. The van der Waals surface area contributed by atoms with E-state index in [2.05, 4.69) is 24.1 Å². The van der Waals surface area contributed by atoms with Crippen LogP contribution >= 0.6 is 0 Å². The molecule has 1 aliphatic heterocycles. The Labute approximate surface area is 119 Å². The number of likely N-dealkylation sites (tertiary alicyclic amines) is 1. The summed E-state index contributed by atoms with van der Waals surface area (Å²) in [5.41, 5.74) is 0. The molecule has 0 spiro atoms. The fraction of sp³-hybridized carbons (Fsp3) is 1.00. The van der Waals surface area contributed by atoms with Gasteiger partial charge in [0.15, 0.2) is 0 Å². The van der Waals surface area contributed by atoms with Crippen molar-refractivity contribution in [2.24, 2.45) is 17.8 Å². The number of hydrogen-bond donors (Lipinski definition) is 1. The lowest BCUT2D eigenvalue weighted by Gasteiger charge is -2.41. The van der Waals surface area contributed by atoms with E-state index in [4.69, 9.17) is 0 Å². The van der Waals surface area contributed by atoms with Crippen molar-refractivity contribution in [1.82, 2.24) is 10.2 Å². The smallest absolute Gasteiger partial charge is 0.0252 e. The van der Waals surface area contributed by atoms with Crippen molar-refractivity contribution < 1.29 is 0 Å². The first kappa shape index (κ1) is 13.9. The molecule has 0 radical (unpaired) electrons. The Bertz CT molecular complexity index is 277.